The summed E-state index contributed by atoms with van der Waals surface area (Å²) in [6.45, 7) is 3.47. The summed E-state index contributed by atoms with van der Waals surface area (Å²) in [5.41, 5.74) is -3.57. The summed E-state index contributed by atoms with van der Waals surface area (Å²) in [4.78, 5) is 15.8. The molecule has 0 bridgehead atoms. The third kappa shape index (κ3) is 6.49. The number of rotatable bonds is 5. The van der Waals surface area contributed by atoms with Crippen molar-refractivity contribution in [1.29, 1.82) is 0 Å². The van der Waals surface area contributed by atoms with Gasteiger partial charge >= 0.3 is 18.4 Å². The fourth-order valence-electron chi connectivity index (χ4n) is 4.06. The molecule has 0 unspecified atom stereocenters. The Morgan fingerprint density at radius 3 is 2.19 bits per heavy atom. The van der Waals surface area contributed by atoms with Gasteiger partial charge in [-0.25, -0.2) is 4.79 Å². The van der Waals surface area contributed by atoms with Crippen LogP contribution < -0.4 is 20.3 Å². The predicted octanol–water partition coefficient (Wildman–Crippen LogP) is 4.31. The van der Waals surface area contributed by atoms with Crippen molar-refractivity contribution in [2.24, 2.45) is 5.92 Å². The van der Waals surface area contributed by atoms with Crippen LogP contribution in [0, 0.1) is 5.92 Å². The maximum absolute atomic E-state index is 13.1. The summed E-state index contributed by atoms with van der Waals surface area (Å²) in [7, 11) is 0. The van der Waals surface area contributed by atoms with E-state index in [0.717, 1.165) is 37.7 Å². The van der Waals surface area contributed by atoms with Crippen molar-refractivity contribution in [2.45, 2.75) is 25.2 Å². The topological polar surface area (TPSA) is 82.6 Å². The van der Waals surface area contributed by atoms with Crippen LogP contribution in [0.2, 0.25) is 0 Å². The second-order valence-electron chi connectivity index (χ2n) is 8.60. The predicted molar refractivity (Wildman–Crippen MR) is 120 cm³/mol. The van der Waals surface area contributed by atoms with Crippen LogP contribution in [0.3, 0.4) is 0 Å². The highest BCUT2D eigenvalue weighted by Crippen LogP contribution is 2.37. The Bertz CT molecular complexity index is 1020. The number of alkyl halides is 6. The fraction of sp³-hybridized carbons (Fsp3) is 0.571. The lowest BCUT2D eigenvalue weighted by Gasteiger charge is -2.35. The van der Waals surface area contributed by atoms with Crippen LogP contribution in [-0.2, 0) is 12.4 Å². The molecule has 1 aromatic heterocycles. The molecular weight excluding hydrogens is 514 g/mol. The summed E-state index contributed by atoms with van der Waals surface area (Å²) >= 11 is 1.01. The molecular formula is C21H24F6N6O2S. The van der Waals surface area contributed by atoms with Crippen molar-refractivity contribution in [3.63, 3.8) is 0 Å². The molecule has 0 atom stereocenters. The van der Waals surface area contributed by atoms with Crippen LogP contribution in [-0.4, -0.2) is 65.6 Å². The van der Waals surface area contributed by atoms with Crippen molar-refractivity contribution in [1.82, 2.24) is 19.0 Å². The van der Waals surface area contributed by atoms with Gasteiger partial charge in [0, 0.05) is 31.9 Å². The summed E-state index contributed by atoms with van der Waals surface area (Å²) in [6.07, 6.45) is -7.97. The molecule has 0 spiro atoms. The molecule has 2 N–H and O–H groups in total. The van der Waals surface area contributed by atoms with E-state index in [-0.39, 0.29) is 19.2 Å². The number of anilines is 2. The molecule has 8 nitrogen and oxygen atoms in total. The lowest BCUT2D eigenvalue weighted by atomic mass is 9.99. The second-order valence-corrected chi connectivity index (χ2v) is 9.12. The largest absolute Gasteiger partial charge is 0.474 e. The standard InChI is InChI=1S/C21H24F6N6O2S/c22-20(23,24)14-9-15(21(25,26)27)11-16(10-14)29-19(34)33-7-5-32(6-8-33)17-18(31-36-30-17)35-12-13-1-3-28-4-2-13/h9-11,13,28H,1-8,12H2,(H,29,34). The molecule has 0 radical (unpaired) electrons. The van der Waals surface area contributed by atoms with Gasteiger partial charge in [-0.05, 0) is 50.0 Å². The number of benzene rings is 1. The number of hydrogen-bond acceptors (Lipinski definition) is 7. The molecule has 15 heteroatoms. The zero-order valence-corrected chi connectivity index (χ0v) is 19.8. The van der Waals surface area contributed by atoms with E-state index in [4.69, 9.17) is 4.74 Å². The number of piperidine rings is 1. The molecule has 0 aliphatic carbocycles. The maximum atomic E-state index is 13.1. The first kappa shape index (κ1) is 26.3. The van der Waals surface area contributed by atoms with Gasteiger partial charge in [0.2, 0.25) is 5.82 Å². The number of nitrogens with zero attached hydrogens (tertiary/aromatic N) is 4. The first-order valence-electron chi connectivity index (χ1n) is 11.3. The van der Waals surface area contributed by atoms with Gasteiger partial charge in [0.05, 0.1) is 29.5 Å². The van der Waals surface area contributed by atoms with Gasteiger partial charge in [0.15, 0.2) is 0 Å². The van der Waals surface area contributed by atoms with Crippen LogP contribution in [0.4, 0.5) is 42.6 Å². The average molecular weight is 539 g/mol. The molecule has 2 aromatic rings. The Morgan fingerprint density at radius 2 is 1.61 bits per heavy atom. The van der Waals surface area contributed by atoms with Gasteiger partial charge in [-0.2, -0.15) is 30.7 Å². The van der Waals surface area contributed by atoms with Crippen LogP contribution in [0.25, 0.3) is 0 Å². The molecule has 198 valence electrons. The summed E-state index contributed by atoms with van der Waals surface area (Å²) in [5.74, 6) is 1.40. The number of piperazine rings is 1. The molecule has 2 aliphatic heterocycles. The van der Waals surface area contributed by atoms with Crippen LogP contribution in [0.1, 0.15) is 24.0 Å². The minimum absolute atomic E-state index is 0.0150. The smallest absolute Gasteiger partial charge is 0.416 e. The van der Waals surface area contributed by atoms with E-state index in [2.05, 4.69) is 19.4 Å². The number of carbonyl (C=O) groups is 1. The van der Waals surface area contributed by atoms with E-state index < -0.39 is 35.2 Å². The number of carbonyl (C=O) groups excluding carboxylic acids is 1. The molecule has 1 aromatic carbocycles. The van der Waals surface area contributed by atoms with Crippen molar-refractivity contribution < 1.29 is 35.9 Å². The molecule has 0 saturated carbocycles. The zero-order chi connectivity index (χ0) is 25.9. The molecule has 2 aliphatic rings. The lowest BCUT2D eigenvalue weighted by molar-refractivity contribution is -0.143. The molecule has 36 heavy (non-hydrogen) atoms. The number of aromatic nitrogens is 2. The SMILES string of the molecule is O=C(Nc1cc(C(F)(F)F)cc(C(F)(F)F)c1)N1CCN(c2nsnc2OCC2CCNCC2)CC1. The number of hydrogen-bond donors (Lipinski definition) is 2. The van der Waals surface area contributed by atoms with Crippen molar-refractivity contribution in [3.05, 3.63) is 29.3 Å². The second kappa shape index (κ2) is 10.7. The quantitative estimate of drug-likeness (QED) is 0.553. The number of nitrogens with one attached hydrogen (secondary N) is 2. The Labute approximate surface area is 206 Å². The Kier molecular flexibility index (Phi) is 7.78. The van der Waals surface area contributed by atoms with Crippen molar-refractivity contribution in [3.8, 4) is 5.88 Å². The van der Waals surface area contributed by atoms with Crippen molar-refractivity contribution >= 4 is 29.3 Å². The normalized spacial score (nSPS) is 17.8. The van der Waals surface area contributed by atoms with E-state index in [1.807, 2.05) is 4.90 Å². The molecule has 2 amide bonds. The number of ether oxygens (including phenoxy) is 1. The van der Waals surface area contributed by atoms with Crippen LogP contribution in [0.5, 0.6) is 5.88 Å². The summed E-state index contributed by atoms with van der Waals surface area (Å²) in [5, 5.41) is 5.46. The van der Waals surface area contributed by atoms with Gasteiger partial charge in [-0.1, -0.05) is 0 Å². The van der Waals surface area contributed by atoms with Crippen LogP contribution in [0.15, 0.2) is 18.2 Å². The Morgan fingerprint density at radius 1 is 1.00 bits per heavy atom. The Hall–Kier alpha value is -2.81. The highest BCUT2D eigenvalue weighted by atomic mass is 32.1. The fourth-order valence-corrected chi connectivity index (χ4v) is 4.58. The maximum Gasteiger partial charge on any atom is 0.416 e. The van der Waals surface area contributed by atoms with E-state index >= 15 is 0 Å². The zero-order valence-electron chi connectivity index (χ0n) is 19.0. The van der Waals surface area contributed by atoms with E-state index in [1.165, 1.54) is 4.90 Å². The third-order valence-corrected chi connectivity index (χ3v) is 6.56. The number of halogens is 6. The number of amides is 2. The van der Waals surface area contributed by atoms with Gasteiger partial charge < -0.3 is 25.2 Å². The third-order valence-electron chi connectivity index (χ3n) is 6.06. The Balaban J connectivity index is 1.35. The van der Waals surface area contributed by atoms with Gasteiger partial charge in [-0.15, -0.1) is 4.37 Å². The first-order valence-corrected chi connectivity index (χ1v) is 12.0. The average Bonchev–Trinajstić information content (AvgIpc) is 3.31. The number of urea groups is 1. The van der Waals surface area contributed by atoms with Crippen LogP contribution >= 0.6 is 11.7 Å². The molecule has 3 heterocycles. The summed E-state index contributed by atoms with van der Waals surface area (Å²) in [6, 6.07) is 0.189. The molecule has 2 fully saturated rings. The van der Waals surface area contributed by atoms with Gasteiger partial charge in [0.25, 0.3) is 5.88 Å². The van der Waals surface area contributed by atoms with E-state index in [0.29, 0.717) is 49.4 Å². The minimum Gasteiger partial charge on any atom is -0.474 e. The van der Waals surface area contributed by atoms with E-state index in [1.54, 1.807) is 0 Å². The molecule has 4 rings (SSSR count). The van der Waals surface area contributed by atoms with Crippen molar-refractivity contribution in [2.75, 3.05) is 56.1 Å². The minimum atomic E-state index is -5.00. The van der Waals surface area contributed by atoms with Gasteiger partial charge in [0.1, 0.15) is 0 Å². The highest BCUT2D eigenvalue weighted by molar-refractivity contribution is 6.99. The summed E-state index contributed by atoms with van der Waals surface area (Å²) < 4.78 is 92.9. The molecule has 2 saturated heterocycles. The monoisotopic (exact) mass is 538 g/mol. The highest BCUT2D eigenvalue weighted by Gasteiger charge is 2.37. The lowest BCUT2D eigenvalue weighted by Crippen LogP contribution is -2.50. The van der Waals surface area contributed by atoms with Gasteiger partial charge in [-0.3, -0.25) is 0 Å². The first-order chi connectivity index (χ1) is 17.0. The van der Waals surface area contributed by atoms with E-state index in [9.17, 15) is 31.1 Å².